The zero-order valence-corrected chi connectivity index (χ0v) is 12.6. The van der Waals surface area contributed by atoms with Crippen LogP contribution in [0.2, 0.25) is 0 Å². The molecule has 1 rings (SSSR count). The van der Waals surface area contributed by atoms with Gasteiger partial charge in [-0.05, 0) is 37.4 Å². The SMILES string of the molecule is CCC(CSC)N(C)Cc1ccc(OC)c(N)c1. The van der Waals surface area contributed by atoms with Crippen molar-refractivity contribution in [1.29, 1.82) is 0 Å². The molecule has 0 saturated heterocycles. The van der Waals surface area contributed by atoms with Crippen LogP contribution in [0.4, 0.5) is 5.69 Å². The van der Waals surface area contributed by atoms with Crippen molar-refractivity contribution in [3.63, 3.8) is 0 Å². The summed E-state index contributed by atoms with van der Waals surface area (Å²) in [7, 11) is 3.81. The third-order valence-electron chi connectivity index (χ3n) is 3.18. The van der Waals surface area contributed by atoms with Gasteiger partial charge in [-0.25, -0.2) is 0 Å². The van der Waals surface area contributed by atoms with Gasteiger partial charge in [-0.1, -0.05) is 13.0 Å². The first-order valence-electron chi connectivity index (χ1n) is 6.23. The molecule has 4 heteroatoms. The van der Waals surface area contributed by atoms with E-state index in [1.165, 1.54) is 17.7 Å². The van der Waals surface area contributed by atoms with Crippen LogP contribution in [-0.4, -0.2) is 37.1 Å². The lowest BCUT2D eigenvalue weighted by atomic mass is 10.1. The van der Waals surface area contributed by atoms with Crippen molar-refractivity contribution in [1.82, 2.24) is 4.90 Å². The number of hydrogen-bond acceptors (Lipinski definition) is 4. The molecule has 0 spiro atoms. The summed E-state index contributed by atoms with van der Waals surface area (Å²) in [5.74, 6) is 1.91. The zero-order valence-electron chi connectivity index (χ0n) is 11.8. The maximum atomic E-state index is 5.93. The molecule has 0 aliphatic carbocycles. The summed E-state index contributed by atoms with van der Waals surface area (Å²) < 4.78 is 5.17. The normalized spacial score (nSPS) is 12.7. The number of nitrogens with zero attached hydrogens (tertiary/aromatic N) is 1. The molecule has 2 N–H and O–H groups in total. The summed E-state index contributed by atoms with van der Waals surface area (Å²) >= 11 is 1.90. The van der Waals surface area contributed by atoms with E-state index in [1.807, 2.05) is 23.9 Å². The van der Waals surface area contributed by atoms with Crippen LogP contribution in [0.5, 0.6) is 5.75 Å². The van der Waals surface area contributed by atoms with Crippen LogP contribution in [0.3, 0.4) is 0 Å². The van der Waals surface area contributed by atoms with Gasteiger partial charge in [-0.3, -0.25) is 4.90 Å². The number of thioether (sulfide) groups is 1. The Morgan fingerprint density at radius 1 is 1.44 bits per heavy atom. The van der Waals surface area contributed by atoms with Gasteiger partial charge in [0.25, 0.3) is 0 Å². The van der Waals surface area contributed by atoms with Gasteiger partial charge in [0.2, 0.25) is 0 Å². The lowest BCUT2D eigenvalue weighted by Crippen LogP contribution is -2.32. The Morgan fingerprint density at radius 3 is 2.67 bits per heavy atom. The van der Waals surface area contributed by atoms with Crippen molar-refractivity contribution in [3.05, 3.63) is 23.8 Å². The molecule has 1 atom stereocenters. The third-order valence-corrected chi connectivity index (χ3v) is 3.90. The third kappa shape index (κ3) is 4.10. The van der Waals surface area contributed by atoms with Gasteiger partial charge >= 0.3 is 0 Å². The van der Waals surface area contributed by atoms with Crippen molar-refractivity contribution in [2.45, 2.75) is 25.9 Å². The van der Waals surface area contributed by atoms with E-state index in [2.05, 4.69) is 31.2 Å². The highest BCUT2D eigenvalue weighted by atomic mass is 32.2. The standard InChI is InChI=1S/C14H24N2OS/c1-5-12(10-18-4)16(2)9-11-6-7-14(17-3)13(15)8-11/h6-8,12H,5,9-10,15H2,1-4H3. The van der Waals surface area contributed by atoms with Crippen molar-refractivity contribution in [3.8, 4) is 5.75 Å². The molecule has 3 nitrogen and oxygen atoms in total. The average Bonchev–Trinajstić information content (AvgIpc) is 2.36. The number of ether oxygens (including phenoxy) is 1. The van der Waals surface area contributed by atoms with E-state index >= 15 is 0 Å². The summed E-state index contributed by atoms with van der Waals surface area (Å²) in [6.07, 6.45) is 3.32. The summed E-state index contributed by atoms with van der Waals surface area (Å²) in [6, 6.07) is 6.63. The second-order valence-corrected chi connectivity index (χ2v) is 5.42. The Morgan fingerprint density at radius 2 is 2.17 bits per heavy atom. The average molecular weight is 268 g/mol. The minimum Gasteiger partial charge on any atom is -0.495 e. The smallest absolute Gasteiger partial charge is 0.141 e. The Hall–Kier alpha value is -0.870. The molecular formula is C14H24N2OS. The summed E-state index contributed by atoms with van der Waals surface area (Å²) in [5, 5.41) is 0. The maximum Gasteiger partial charge on any atom is 0.141 e. The second-order valence-electron chi connectivity index (χ2n) is 4.51. The highest BCUT2D eigenvalue weighted by molar-refractivity contribution is 7.98. The molecule has 0 amide bonds. The fraction of sp³-hybridized carbons (Fsp3) is 0.571. The molecule has 1 unspecified atom stereocenters. The fourth-order valence-corrected chi connectivity index (χ4v) is 2.92. The molecule has 0 aromatic heterocycles. The molecule has 18 heavy (non-hydrogen) atoms. The first-order valence-corrected chi connectivity index (χ1v) is 7.63. The van der Waals surface area contributed by atoms with E-state index in [0.29, 0.717) is 11.7 Å². The van der Waals surface area contributed by atoms with Crippen LogP contribution >= 0.6 is 11.8 Å². The van der Waals surface area contributed by atoms with Crippen molar-refractivity contribution < 1.29 is 4.74 Å². The predicted molar refractivity (Wildman–Crippen MR) is 81.3 cm³/mol. The summed E-state index contributed by atoms with van der Waals surface area (Å²) in [5.41, 5.74) is 7.87. The highest BCUT2D eigenvalue weighted by Crippen LogP contribution is 2.23. The topological polar surface area (TPSA) is 38.5 Å². The van der Waals surface area contributed by atoms with Gasteiger partial charge in [0.15, 0.2) is 0 Å². The molecule has 102 valence electrons. The van der Waals surface area contributed by atoms with E-state index in [4.69, 9.17) is 10.5 Å². The number of nitrogens with two attached hydrogens (primary N) is 1. The van der Waals surface area contributed by atoms with Gasteiger partial charge in [-0.15, -0.1) is 0 Å². The van der Waals surface area contributed by atoms with E-state index in [1.54, 1.807) is 7.11 Å². The molecule has 0 aliphatic rings. The second kappa shape index (κ2) is 7.54. The van der Waals surface area contributed by atoms with Gasteiger partial charge in [0.1, 0.15) is 5.75 Å². The number of nitrogen functional groups attached to an aromatic ring is 1. The van der Waals surface area contributed by atoms with E-state index in [0.717, 1.165) is 12.3 Å². The Balaban J connectivity index is 2.68. The number of hydrogen-bond donors (Lipinski definition) is 1. The summed E-state index contributed by atoms with van der Waals surface area (Å²) in [6.45, 7) is 3.16. The molecule has 0 bridgehead atoms. The highest BCUT2D eigenvalue weighted by Gasteiger charge is 2.12. The predicted octanol–water partition coefficient (Wildman–Crippen LogP) is 2.85. The molecule has 0 heterocycles. The lowest BCUT2D eigenvalue weighted by Gasteiger charge is -2.26. The van der Waals surface area contributed by atoms with Crippen LogP contribution < -0.4 is 10.5 Å². The molecule has 1 aromatic rings. The summed E-state index contributed by atoms with van der Waals surface area (Å²) in [4.78, 5) is 2.39. The monoisotopic (exact) mass is 268 g/mol. The molecule has 0 saturated carbocycles. The van der Waals surface area contributed by atoms with E-state index < -0.39 is 0 Å². The van der Waals surface area contributed by atoms with Crippen LogP contribution in [0.25, 0.3) is 0 Å². The number of rotatable bonds is 7. The van der Waals surface area contributed by atoms with Crippen LogP contribution in [0, 0.1) is 0 Å². The van der Waals surface area contributed by atoms with E-state index in [9.17, 15) is 0 Å². The quantitative estimate of drug-likeness (QED) is 0.772. The van der Waals surface area contributed by atoms with Crippen molar-refractivity contribution in [2.24, 2.45) is 0 Å². The van der Waals surface area contributed by atoms with Gasteiger partial charge < -0.3 is 10.5 Å². The van der Waals surface area contributed by atoms with E-state index in [-0.39, 0.29) is 0 Å². The van der Waals surface area contributed by atoms with Gasteiger partial charge in [0, 0.05) is 18.3 Å². The molecule has 0 radical (unpaired) electrons. The first-order chi connectivity index (χ1) is 8.62. The van der Waals surface area contributed by atoms with Crippen LogP contribution in [0.1, 0.15) is 18.9 Å². The van der Waals surface area contributed by atoms with Gasteiger partial charge in [0.05, 0.1) is 12.8 Å². The number of anilines is 1. The Kier molecular flexibility index (Phi) is 6.36. The molecular weight excluding hydrogens is 244 g/mol. The largest absolute Gasteiger partial charge is 0.495 e. The number of benzene rings is 1. The first kappa shape index (κ1) is 15.2. The Labute approximate surface area is 115 Å². The minimum atomic E-state index is 0.614. The van der Waals surface area contributed by atoms with Crippen molar-refractivity contribution in [2.75, 3.05) is 31.9 Å². The Bertz CT molecular complexity index is 371. The maximum absolute atomic E-state index is 5.93. The number of methoxy groups -OCH3 is 1. The van der Waals surface area contributed by atoms with Gasteiger partial charge in [-0.2, -0.15) is 11.8 Å². The minimum absolute atomic E-state index is 0.614. The molecule has 1 aromatic carbocycles. The fourth-order valence-electron chi connectivity index (χ4n) is 2.05. The van der Waals surface area contributed by atoms with Crippen LogP contribution in [0.15, 0.2) is 18.2 Å². The molecule has 0 fully saturated rings. The molecule has 0 aliphatic heterocycles. The lowest BCUT2D eigenvalue weighted by molar-refractivity contribution is 0.248. The zero-order chi connectivity index (χ0) is 13.5. The van der Waals surface area contributed by atoms with Crippen LogP contribution in [-0.2, 0) is 6.54 Å². The van der Waals surface area contributed by atoms with Crippen molar-refractivity contribution >= 4 is 17.4 Å².